The third-order valence-corrected chi connectivity index (χ3v) is 3.90. The second kappa shape index (κ2) is 5.75. The molecule has 0 amide bonds. The van der Waals surface area contributed by atoms with E-state index in [0.29, 0.717) is 0 Å². The van der Waals surface area contributed by atoms with Crippen LogP contribution in [0.1, 0.15) is 33.2 Å². The standard InChI is InChI=1S/C17H18ClF/c1-11-6-4-5-7-14(11)10-16(18)17-12(2)8-15(19)9-13(17)3/h4-9,16H,10H2,1-3H3. The van der Waals surface area contributed by atoms with Gasteiger partial charge in [0.2, 0.25) is 0 Å². The highest BCUT2D eigenvalue weighted by Crippen LogP contribution is 2.31. The summed E-state index contributed by atoms with van der Waals surface area (Å²) in [6.07, 6.45) is 0.765. The summed E-state index contributed by atoms with van der Waals surface area (Å²) < 4.78 is 13.3. The van der Waals surface area contributed by atoms with Crippen LogP contribution in [0.3, 0.4) is 0 Å². The zero-order valence-corrected chi connectivity index (χ0v) is 12.3. The number of aryl methyl sites for hydroxylation is 3. The number of hydrogen-bond donors (Lipinski definition) is 0. The first-order chi connectivity index (χ1) is 8.99. The Morgan fingerprint density at radius 2 is 1.58 bits per heavy atom. The molecule has 0 saturated heterocycles. The number of hydrogen-bond acceptors (Lipinski definition) is 0. The van der Waals surface area contributed by atoms with Crippen molar-refractivity contribution in [1.29, 1.82) is 0 Å². The maximum Gasteiger partial charge on any atom is 0.123 e. The SMILES string of the molecule is Cc1ccccc1CC(Cl)c1c(C)cc(F)cc1C. The van der Waals surface area contributed by atoms with Gasteiger partial charge in [0.1, 0.15) is 5.82 Å². The number of alkyl halides is 1. The summed E-state index contributed by atoms with van der Waals surface area (Å²) in [6.45, 7) is 5.92. The van der Waals surface area contributed by atoms with Gasteiger partial charge in [-0.1, -0.05) is 24.3 Å². The van der Waals surface area contributed by atoms with Crippen LogP contribution < -0.4 is 0 Å². The Morgan fingerprint density at radius 3 is 2.16 bits per heavy atom. The van der Waals surface area contributed by atoms with Crippen LogP contribution >= 0.6 is 11.6 Å². The van der Waals surface area contributed by atoms with E-state index in [0.717, 1.165) is 23.1 Å². The van der Waals surface area contributed by atoms with Gasteiger partial charge < -0.3 is 0 Å². The van der Waals surface area contributed by atoms with Gasteiger partial charge in [-0.05, 0) is 67.1 Å². The Bertz CT molecular complexity index is 567. The number of halogens is 2. The first-order valence-electron chi connectivity index (χ1n) is 6.44. The lowest BCUT2D eigenvalue weighted by Crippen LogP contribution is -2.03. The fourth-order valence-electron chi connectivity index (χ4n) is 2.55. The molecular formula is C17H18ClF. The van der Waals surface area contributed by atoms with Gasteiger partial charge in [0, 0.05) is 0 Å². The Morgan fingerprint density at radius 1 is 1.00 bits per heavy atom. The van der Waals surface area contributed by atoms with E-state index in [1.165, 1.54) is 11.1 Å². The second-order valence-corrected chi connectivity index (χ2v) is 5.58. The van der Waals surface area contributed by atoms with Crippen LogP contribution in [0, 0.1) is 26.6 Å². The minimum atomic E-state index is -0.196. The zero-order valence-electron chi connectivity index (χ0n) is 11.5. The second-order valence-electron chi connectivity index (χ2n) is 5.05. The normalized spacial score (nSPS) is 12.5. The van der Waals surface area contributed by atoms with E-state index < -0.39 is 0 Å². The zero-order chi connectivity index (χ0) is 14.0. The van der Waals surface area contributed by atoms with Crippen LogP contribution in [-0.2, 0) is 6.42 Å². The van der Waals surface area contributed by atoms with Crippen molar-refractivity contribution in [2.24, 2.45) is 0 Å². The topological polar surface area (TPSA) is 0 Å². The Kier molecular flexibility index (Phi) is 4.26. The van der Waals surface area contributed by atoms with Crippen LogP contribution in [-0.4, -0.2) is 0 Å². The lowest BCUT2D eigenvalue weighted by atomic mass is 9.94. The molecule has 0 radical (unpaired) electrons. The van der Waals surface area contributed by atoms with Crippen molar-refractivity contribution in [3.63, 3.8) is 0 Å². The molecule has 0 fully saturated rings. The Labute approximate surface area is 119 Å². The lowest BCUT2D eigenvalue weighted by molar-refractivity contribution is 0.623. The van der Waals surface area contributed by atoms with Gasteiger partial charge in [-0.3, -0.25) is 0 Å². The molecule has 2 aromatic rings. The Hall–Kier alpha value is -1.34. The average molecular weight is 277 g/mol. The van der Waals surface area contributed by atoms with E-state index in [9.17, 15) is 4.39 Å². The van der Waals surface area contributed by atoms with Gasteiger partial charge in [0.05, 0.1) is 5.38 Å². The van der Waals surface area contributed by atoms with E-state index in [4.69, 9.17) is 11.6 Å². The fourth-order valence-corrected chi connectivity index (χ4v) is 3.06. The van der Waals surface area contributed by atoms with Crippen molar-refractivity contribution in [2.45, 2.75) is 32.6 Å². The third kappa shape index (κ3) is 3.16. The molecule has 0 aliphatic carbocycles. The van der Waals surface area contributed by atoms with Crippen molar-refractivity contribution < 1.29 is 4.39 Å². The summed E-state index contributed by atoms with van der Waals surface area (Å²) in [5.41, 5.74) is 5.37. The molecule has 0 aromatic heterocycles. The first-order valence-corrected chi connectivity index (χ1v) is 6.88. The van der Waals surface area contributed by atoms with Gasteiger partial charge in [0.15, 0.2) is 0 Å². The smallest absolute Gasteiger partial charge is 0.123 e. The summed E-state index contributed by atoms with van der Waals surface area (Å²) in [5.74, 6) is -0.196. The molecular weight excluding hydrogens is 259 g/mol. The molecule has 0 heterocycles. The molecule has 2 heteroatoms. The summed E-state index contributed by atoms with van der Waals surface area (Å²) in [5, 5.41) is -0.123. The summed E-state index contributed by atoms with van der Waals surface area (Å²) in [4.78, 5) is 0. The van der Waals surface area contributed by atoms with Crippen molar-refractivity contribution in [3.05, 3.63) is 70.0 Å². The molecule has 0 nitrogen and oxygen atoms in total. The molecule has 0 N–H and O–H groups in total. The van der Waals surface area contributed by atoms with Crippen LogP contribution in [0.25, 0.3) is 0 Å². The monoisotopic (exact) mass is 276 g/mol. The fraction of sp³-hybridized carbons (Fsp3) is 0.294. The van der Waals surface area contributed by atoms with E-state index in [-0.39, 0.29) is 11.2 Å². The first kappa shape index (κ1) is 14.1. The van der Waals surface area contributed by atoms with Crippen LogP contribution in [0.5, 0.6) is 0 Å². The van der Waals surface area contributed by atoms with E-state index in [1.807, 2.05) is 26.0 Å². The maximum absolute atomic E-state index is 13.3. The molecule has 0 aliphatic rings. The molecule has 1 atom stereocenters. The molecule has 19 heavy (non-hydrogen) atoms. The van der Waals surface area contributed by atoms with Crippen molar-refractivity contribution in [2.75, 3.05) is 0 Å². The minimum absolute atomic E-state index is 0.123. The molecule has 0 bridgehead atoms. The largest absolute Gasteiger partial charge is 0.207 e. The van der Waals surface area contributed by atoms with Crippen LogP contribution in [0.15, 0.2) is 36.4 Å². The van der Waals surface area contributed by atoms with E-state index in [2.05, 4.69) is 19.1 Å². The quantitative estimate of drug-likeness (QED) is 0.670. The van der Waals surface area contributed by atoms with Gasteiger partial charge in [-0.15, -0.1) is 11.6 Å². The lowest BCUT2D eigenvalue weighted by Gasteiger charge is -2.17. The molecule has 2 rings (SSSR count). The predicted octanol–water partition coefficient (Wildman–Crippen LogP) is 5.27. The van der Waals surface area contributed by atoms with Crippen molar-refractivity contribution in [1.82, 2.24) is 0 Å². The average Bonchev–Trinajstić information content (AvgIpc) is 2.30. The van der Waals surface area contributed by atoms with Gasteiger partial charge in [0.25, 0.3) is 0 Å². The van der Waals surface area contributed by atoms with Gasteiger partial charge >= 0.3 is 0 Å². The number of benzene rings is 2. The van der Waals surface area contributed by atoms with E-state index >= 15 is 0 Å². The minimum Gasteiger partial charge on any atom is -0.207 e. The molecule has 1 unspecified atom stereocenters. The van der Waals surface area contributed by atoms with Crippen molar-refractivity contribution >= 4 is 11.6 Å². The molecule has 2 aromatic carbocycles. The highest BCUT2D eigenvalue weighted by molar-refractivity contribution is 6.21. The van der Waals surface area contributed by atoms with Gasteiger partial charge in [-0.25, -0.2) is 4.39 Å². The molecule has 100 valence electrons. The highest BCUT2D eigenvalue weighted by Gasteiger charge is 2.16. The molecule has 0 saturated carbocycles. The summed E-state index contributed by atoms with van der Waals surface area (Å²) in [7, 11) is 0. The summed E-state index contributed by atoms with van der Waals surface area (Å²) in [6, 6.07) is 11.3. The molecule has 0 aliphatic heterocycles. The van der Waals surface area contributed by atoms with Crippen LogP contribution in [0.4, 0.5) is 4.39 Å². The van der Waals surface area contributed by atoms with Crippen LogP contribution in [0.2, 0.25) is 0 Å². The van der Waals surface area contributed by atoms with Gasteiger partial charge in [-0.2, -0.15) is 0 Å². The molecule has 0 spiro atoms. The van der Waals surface area contributed by atoms with Crippen molar-refractivity contribution in [3.8, 4) is 0 Å². The maximum atomic E-state index is 13.3. The number of rotatable bonds is 3. The highest BCUT2D eigenvalue weighted by atomic mass is 35.5. The summed E-state index contributed by atoms with van der Waals surface area (Å²) >= 11 is 6.55. The Balaban J connectivity index is 2.31. The third-order valence-electron chi connectivity index (χ3n) is 3.53. The predicted molar refractivity (Wildman–Crippen MR) is 79.4 cm³/mol. The van der Waals surface area contributed by atoms with E-state index in [1.54, 1.807) is 12.1 Å².